The number of hydrazine groups is 1. The average molecular weight is 290 g/mol. The van der Waals surface area contributed by atoms with Crippen LogP contribution in [0.15, 0.2) is 36.4 Å². The number of benzene rings is 1. The first-order valence-electron chi connectivity index (χ1n) is 6.09. The number of hydrogen-bond donors (Lipinski definition) is 3. The van der Waals surface area contributed by atoms with Crippen LogP contribution in [0.3, 0.4) is 0 Å². The maximum absolute atomic E-state index is 11.8. The lowest BCUT2D eigenvalue weighted by molar-refractivity contribution is 0.0847. The Labute approximate surface area is 120 Å². The zero-order chi connectivity index (χ0) is 14.5. The first-order valence-corrected chi connectivity index (χ1v) is 6.91. The Balaban J connectivity index is 1.97. The summed E-state index contributed by atoms with van der Waals surface area (Å²) in [5.41, 5.74) is 4.70. The third kappa shape index (κ3) is 3.16. The molecule has 0 bridgehead atoms. The molecule has 1 heterocycles. The molecule has 5 nitrogen and oxygen atoms in total. The van der Waals surface area contributed by atoms with E-state index in [0.717, 1.165) is 11.3 Å². The van der Waals surface area contributed by atoms with E-state index in [1.165, 1.54) is 23.5 Å². The molecule has 0 aliphatic carbocycles. The minimum atomic E-state index is -0.566. The average Bonchev–Trinajstić information content (AvgIpc) is 2.94. The summed E-state index contributed by atoms with van der Waals surface area (Å²) < 4.78 is 0. The van der Waals surface area contributed by atoms with Crippen LogP contribution in [0.5, 0.6) is 5.75 Å². The van der Waals surface area contributed by atoms with Crippen LogP contribution in [0, 0.1) is 0 Å². The minimum Gasteiger partial charge on any atom is -0.507 e. The molecule has 20 heavy (non-hydrogen) atoms. The molecule has 2 amide bonds. The molecule has 2 rings (SSSR count). The van der Waals surface area contributed by atoms with Crippen LogP contribution in [0.1, 0.15) is 31.8 Å². The number of phenolic OH excluding ortho intramolecular Hbond substituents is 1. The molecule has 2 aromatic rings. The second-order valence-corrected chi connectivity index (χ2v) is 5.21. The number of carbonyl (C=O) groups is 2. The van der Waals surface area contributed by atoms with Gasteiger partial charge in [-0.2, -0.15) is 0 Å². The van der Waals surface area contributed by atoms with Crippen LogP contribution < -0.4 is 10.9 Å². The summed E-state index contributed by atoms with van der Waals surface area (Å²) in [4.78, 5) is 25.2. The van der Waals surface area contributed by atoms with Gasteiger partial charge >= 0.3 is 0 Å². The molecule has 0 atom stereocenters. The molecule has 6 heteroatoms. The molecule has 0 radical (unpaired) electrons. The number of aryl methyl sites for hydroxylation is 1. The van der Waals surface area contributed by atoms with E-state index < -0.39 is 5.91 Å². The predicted octanol–water partition coefficient (Wildman–Crippen LogP) is 2.09. The van der Waals surface area contributed by atoms with Gasteiger partial charge in [-0.05, 0) is 30.7 Å². The number of thiophene rings is 1. The Hall–Kier alpha value is -2.34. The second-order valence-electron chi connectivity index (χ2n) is 4.04. The molecule has 1 aromatic heterocycles. The van der Waals surface area contributed by atoms with Crippen molar-refractivity contribution >= 4 is 23.2 Å². The van der Waals surface area contributed by atoms with Gasteiger partial charge in [0.2, 0.25) is 0 Å². The fourth-order valence-corrected chi connectivity index (χ4v) is 2.44. The fourth-order valence-electron chi connectivity index (χ4n) is 1.60. The normalized spacial score (nSPS) is 10.1. The first kappa shape index (κ1) is 14.1. The van der Waals surface area contributed by atoms with E-state index in [1.54, 1.807) is 18.2 Å². The molecule has 0 aliphatic rings. The van der Waals surface area contributed by atoms with Crippen LogP contribution in [0.2, 0.25) is 0 Å². The molecule has 104 valence electrons. The number of para-hydroxylation sites is 1. The quantitative estimate of drug-likeness (QED) is 0.757. The molecule has 0 spiro atoms. The fraction of sp³-hybridized carbons (Fsp3) is 0.143. The molecule has 0 unspecified atom stereocenters. The number of phenols is 1. The van der Waals surface area contributed by atoms with E-state index in [-0.39, 0.29) is 17.2 Å². The molecular weight excluding hydrogens is 276 g/mol. The van der Waals surface area contributed by atoms with Crippen LogP contribution in [-0.4, -0.2) is 16.9 Å². The largest absolute Gasteiger partial charge is 0.507 e. The van der Waals surface area contributed by atoms with Crippen LogP contribution in [0.4, 0.5) is 0 Å². The summed E-state index contributed by atoms with van der Waals surface area (Å²) >= 11 is 1.38. The van der Waals surface area contributed by atoms with E-state index in [1.807, 2.05) is 13.0 Å². The summed E-state index contributed by atoms with van der Waals surface area (Å²) in [6.45, 7) is 2.01. The Bertz CT molecular complexity index is 637. The highest BCUT2D eigenvalue weighted by Gasteiger charge is 2.13. The van der Waals surface area contributed by atoms with Crippen LogP contribution in [0.25, 0.3) is 0 Å². The van der Waals surface area contributed by atoms with Gasteiger partial charge in [-0.15, -0.1) is 11.3 Å². The summed E-state index contributed by atoms with van der Waals surface area (Å²) in [5.74, 6) is -1.08. The van der Waals surface area contributed by atoms with Crippen molar-refractivity contribution in [1.82, 2.24) is 10.9 Å². The molecule has 0 saturated carbocycles. The predicted molar refractivity (Wildman–Crippen MR) is 76.7 cm³/mol. The lowest BCUT2D eigenvalue weighted by atomic mass is 10.2. The summed E-state index contributed by atoms with van der Waals surface area (Å²) in [7, 11) is 0. The molecule has 0 saturated heterocycles. The third-order valence-electron chi connectivity index (χ3n) is 2.67. The SMILES string of the molecule is CCc1ccc(C(=O)NNC(=O)c2ccccc2O)s1. The van der Waals surface area contributed by atoms with Crippen molar-refractivity contribution < 1.29 is 14.7 Å². The molecule has 0 aliphatic heterocycles. The van der Waals surface area contributed by atoms with Gasteiger partial charge in [-0.3, -0.25) is 20.4 Å². The zero-order valence-corrected chi connectivity index (χ0v) is 11.7. The second kappa shape index (κ2) is 6.21. The van der Waals surface area contributed by atoms with E-state index in [4.69, 9.17) is 0 Å². The molecule has 1 aromatic carbocycles. The summed E-state index contributed by atoms with van der Waals surface area (Å²) in [6, 6.07) is 9.71. The van der Waals surface area contributed by atoms with Crippen LogP contribution in [-0.2, 0) is 6.42 Å². The molecule has 3 N–H and O–H groups in total. The van der Waals surface area contributed by atoms with Crippen molar-refractivity contribution in [2.45, 2.75) is 13.3 Å². The van der Waals surface area contributed by atoms with Gasteiger partial charge in [0.25, 0.3) is 11.8 Å². The molecular formula is C14H14N2O3S. The number of hydrogen-bond acceptors (Lipinski definition) is 4. The van der Waals surface area contributed by atoms with E-state index in [2.05, 4.69) is 10.9 Å². The molecule has 0 fully saturated rings. The van der Waals surface area contributed by atoms with Crippen molar-refractivity contribution in [2.75, 3.05) is 0 Å². The Morgan fingerprint density at radius 3 is 2.45 bits per heavy atom. The number of carbonyl (C=O) groups excluding carboxylic acids is 2. The lowest BCUT2D eigenvalue weighted by Gasteiger charge is -2.07. The number of rotatable bonds is 3. The smallest absolute Gasteiger partial charge is 0.279 e. The van der Waals surface area contributed by atoms with Gasteiger partial charge in [0.1, 0.15) is 5.75 Å². The number of nitrogens with one attached hydrogen (secondary N) is 2. The Kier molecular flexibility index (Phi) is 4.37. The van der Waals surface area contributed by atoms with Crippen molar-refractivity contribution in [2.24, 2.45) is 0 Å². The van der Waals surface area contributed by atoms with Gasteiger partial charge in [0.05, 0.1) is 10.4 Å². The summed E-state index contributed by atoms with van der Waals surface area (Å²) in [6.07, 6.45) is 0.863. The third-order valence-corrected chi connectivity index (χ3v) is 3.90. The monoisotopic (exact) mass is 290 g/mol. The van der Waals surface area contributed by atoms with Crippen molar-refractivity contribution in [3.63, 3.8) is 0 Å². The Morgan fingerprint density at radius 1 is 1.10 bits per heavy atom. The number of amides is 2. The van der Waals surface area contributed by atoms with Crippen molar-refractivity contribution in [3.8, 4) is 5.75 Å². The van der Waals surface area contributed by atoms with Gasteiger partial charge in [0.15, 0.2) is 0 Å². The standard InChI is InChI=1S/C14H14N2O3S/c1-2-9-7-8-12(20-9)14(19)16-15-13(18)10-5-3-4-6-11(10)17/h3-8,17H,2H2,1H3,(H,15,18)(H,16,19). The highest BCUT2D eigenvalue weighted by molar-refractivity contribution is 7.14. The van der Waals surface area contributed by atoms with Gasteiger partial charge in [-0.25, -0.2) is 0 Å². The Morgan fingerprint density at radius 2 is 1.80 bits per heavy atom. The van der Waals surface area contributed by atoms with E-state index in [9.17, 15) is 14.7 Å². The number of aromatic hydroxyl groups is 1. The van der Waals surface area contributed by atoms with Crippen molar-refractivity contribution in [3.05, 3.63) is 51.7 Å². The minimum absolute atomic E-state index is 0.105. The van der Waals surface area contributed by atoms with Gasteiger partial charge < -0.3 is 5.11 Å². The maximum Gasteiger partial charge on any atom is 0.279 e. The lowest BCUT2D eigenvalue weighted by Crippen LogP contribution is -2.41. The van der Waals surface area contributed by atoms with E-state index >= 15 is 0 Å². The van der Waals surface area contributed by atoms with Gasteiger partial charge in [0, 0.05) is 4.88 Å². The van der Waals surface area contributed by atoms with E-state index in [0.29, 0.717) is 4.88 Å². The highest BCUT2D eigenvalue weighted by Crippen LogP contribution is 2.17. The van der Waals surface area contributed by atoms with Crippen LogP contribution >= 0.6 is 11.3 Å². The van der Waals surface area contributed by atoms with Gasteiger partial charge in [-0.1, -0.05) is 19.1 Å². The maximum atomic E-state index is 11.8. The zero-order valence-electron chi connectivity index (χ0n) is 10.8. The highest BCUT2D eigenvalue weighted by atomic mass is 32.1. The summed E-state index contributed by atoms with van der Waals surface area (Å²) in [5, 5.41) is 9.53. The van der Waals surface area contributed by atoms with Crippen molar-refractivity contribution in [1.29, 1.82) is 0 Å². The first-order chi connectivity index (χ1) is 9.61. The topological polar surface area (TPSA) is 78.4 Å².